The maximum absolute atomic E-state index is 12.4. The fourth-order valence-corrected chi connectivity index (χ4v) is 2.69. The van der Waals surface area contributed by atoms with Crippen LogP contribution in [0.3, 0.4) is 0 Å². The van der Waals surface area contributed by atoms with Crippen molar-refractivity contribution in [2.75, 3.05) is 5.32 Å². The van der Waals surface area contributed by atoms with Crippen molar-refractivity contribution in [3.8, 4) is 0 Å². The summed E-state index contributed by atoms with van der Waals surface area (Å²) in [5.74, 6) is -1.40. The molecular formula is C21H20N4O3. The Balaban J connectivity index is 1.60. The van der Waals surface area contributed by atoms with Gasteiger partial charge in [-0.25, -0.2) is 4.98 Å². The van der Waals surface area contributed by atoms with Crippen LogP contribution in [0.5, 0.6) is 0 Å². The predicted octanol–water partition coefficient (Wildman–Crippen LogP) is 2.47. The highest BCUT2D eigenvalue weighted by Crippen LogP contribution is 2.14. The first kappa shape index (κ1) is 19.0. The van der Waals surface area contributed by atoms with Crippen molar-refractivity contribution in [1.82, 2.24) is 14.9 Å². The van der Waals surface area contributed by atoms with Gasteiger partial charge in [0.05, 0.1) is 6.04 Å². The van der Waals surface area contributed by atoms with Crippen LogP contribution in [0.4, 0.5) is 5.69 Å². The first-order valence-electron chi connectivity index (χ1n) is 8.74. The third-order valence-corrected chi connectivity index (χ3v) is 4.28. The van der Waals surface area contributed by atoms with Gasteiger partial charge in [-0.05, 0) is 36.8 Å². The number of carbonyl (C=O) groups is 3. The number of aryl methyl sites for hydroxylation is 1. The summed E-state index contributed by atoms with van der Waals surface area (Å²) in [4.78, 5) is 40.7. The van der Waals surface area contributed by atoms with Crippen molar-refractivity contribution in [2.45, 2.75) is 13.0 Å². The predicted molar refractivity (Wildman–Crippen MR) is 105 cm³/mol. The third kappa shape index (κ3) is 4.32. The monoisotopic (exact) mass is 376 g/mol. The summed E-state index contributed by atoms with van der Waals surface area (Å²) in [5, 5.41) is 5.18. The number of imidazole rings is 1. The highest BCUT2D eigenvalue weighted by molar-refractivity contribution is 6.39. The Morgan fingerprint density at radius 2 is 1.64 bits per heavy atom. The molecule has 2 N–H and O–H groups in total. The molecule has 3 rings (SSSR count). The van der Waals surface area contributed by atoms with Gasteiger partial charge in [-0.15, -0.1) is 0 Å². The quantitative estimate of drug-likeness (QED) is 0.528. The van der Waals surface area contributed by atoms with Gasteiger partial charge in [0.25, 0.3) is 0 Å². The molecule has 0 saturated carbocycles. The largest absolute Gasteiger partial charge is 0.341 e. The summed E-state index contributed by atoms with van der Waals surface area (Å²) in [6.07, 6.45) is 3.24. The number of nitrogens with one attached hydrogen (secondary N) is 2. The number of benzene rings is 2. The maximum atomic E-state index is 12.4. The SMILES string of the molecule is CC(NC(=O)C(=O)Nc1ccc(C(=O)c2nccn2C)cc1)c1ccccc1. The molecule has 0 aliphatic heterocycles. The number of anilines is 1. The van der Waals surface area contributed by atoms with Crippen LogP contribution in [0, 0.1) is 0 Å². The van der Waals surface area contributed by atoms with Gasteiger partial charge in [0, 0.05) is 30.7 Å². The van der Waals surface area contributed by atoms with Crippen molar-refractivity contribution in [1.29, 1.82) is 0 Å². The minimum Gasteiger partial charge on any atom is -0.341 e. The Morgan fingerprint density at radius 1 is 0.964 bits per heavy atom. The normalized spacial score (nSPS) is 11.5. The number of hydrogen-bond acceptors (Lipinski definition) is 4. The number of carbonyl (C=O) groups excluding carboxylic acids is 3. The Labute approximate surface area is 162 Å². The van der Waals surface area contributed by atoms with Crippen molar-refractivity contribution in [2.24, 2.45) is 7.05 Å². The van der Waals surface area contributed by atoms with E-state index in [1.165, 1.54) is 0 Å². The molecule has 0 aliphatic rings. The molecule has 0 radical (unpaired) electrons. The van der Waals surface area contributed by atoms with E-state index in [-0.39, 0.29) is 11.8 Å². The Kier molecular flexibility index (Phi) is 5.64. The van der Waals surface area contributed by atoms with Crippen molar-refractivity contribution >= 4 is 23.3 Å². The average molecular weight is 376 g/mol. The molecule has 7 heteroatoms. The third-order valence-electron chi connectivity index (χ3n) is 4.28. The lowest BCUT2D eigenvalue weighted by molar-refractivity contribution is -0.136. The fourth-order valence-electron chi connectivity index (χ4n) is 2.69. The molecule has 1 heterocycles. The molecular weight excluding hydrogens is 356 g/mol. The van der Waals surface area contributed by atoms with E-state index >= 15 is 0 Å². The molecule has 0 aliphatic carbocycles. The zero-order valence-electron chi connectivity index (χ0n) is 15.5. The van der Waals surface area contributed by atoms with Crippen molar-refractivity contribution < 1.29 is 14.4 Å². The summed E-state index contributed by atoms with van der Waals surface area (Å²) in [6, 6.07) is 15.4. The molecule has 7 nitrogen and oxygen atoms in total. The van der Waals surface area contributed by atoms with Crippen molar-refractivity contribution in [3.05, 3.63) is 83.9 Å². The van der Waals surface area contributed by atoms with E-state index in [2.05, 4.69) is 15.6 Å². The molecule has 1 atom stereocenters. The molecule has 0 saturated heterocycles. The summed E-state index contributed by atoms with van der Waals surface area (Å²) in [5.41, 5.74) is 1.76. The van der Waals surface area contributed by atoms with E-state index < -0.39 is 11.8 Å². The van der Waals surface area contributed by atoms with Gasteiger partial charge >= 0.3 is 11.8 Å². The van der Waals surface area contributed by atoms with Gasteiger partial charge in [0.1, 0.15) is 0 Å². The first-order valence-corrected chi connectivity index (χ1v) is 8.74. The van der Waals surface area contributed by atoms with Crippen LogP contribution in [0.1, 0.15) is 34.7 Å². The highest BCUT2D eigenvalue weighted by Gasteiger charge is 2.18. The zero-order chi connectivity index (χ0) is 20.1. The van der Waals surface area contributed by atoms with Gasteiger partial charge in [-0.3, -0.25) is 14.4 Å². The Morgan fingerprint density at radius 3 is 2.25 bits per heavy atom. The van der Waals surface area contributed by atoms with Crippen LogP contribution in [0.25, 0.3) is 0 Å². The molecule has 0 fully saturated rings. The van der Waals surface area contributed by atoms with Gasteiger partial charge in [-0.1, -0.05) is 30.3 Å². The summed E-state index contributed by atoms with van der Waals surface area (Å²) in [7, 11) is 1.74. The van der Waals surface area contributed by atoms with Crippen molar-refractivity contribution in [3.63, 3.8) is 0 Å². The van der Waals surface area contributed by atoms with Gasteiger partial charge in [-0.2, -0.15) is 0 Å². The van der Waals surface area contributed by atoms with Crippen LogP contribution in [0.15, 0.2) is 67.0 Å². The Bertz CT molecular complexity index is 994. The lowest BCUT2D eigenvalue weighted by Crippen LogP contribution is -2.36. The molecule has 1 aromatic heterocycles. The van der Waals surface area contributed by atoms with Crippen LogP contribution in [0.2, 0.25) is 0 Å². The second-order valence-corrected chi connectivity index (χ2v) is 6.33. The van der Waals surface area contributed by atoms with E-state index in [0.717, 1.165) is 5.56 Å². The number of hydrogen-bond donors (Lipinski definition) is 2. The van der Waals surface area contributed by atoms with Gasteiger partial charge in [0.15, 0.2) is 5.82 Å². The molecule has 142 valence electrons. The standard InChI is InChI=1S/C21H20N4O3/c1-14(15-6-4-3-5-7-15)23-20(27)21(28)24-17-10-8-16(9-11-17)18(26)19-22-12-13-25(19)2/h3-14H,1-2H3,(H,23,27)(H,24,28). The first-order chi connectivity index (χ1) is 13.5. The molecule has 1 unspecified atom stereocenters. The number of aromatic nitrogens is 2. The van der Waals surface area contributed by atoms with E-state index in [4.69, 9.17) is 0 Å². The van der Waals surface area contributed by atoms with Crippen LogP contribution >= 0.6 is 0 Å². The number of rotatable bonds is 5. The zero-order valence-corrected chi connectivity index (χ0v) is 15.5. The molecule has 2 aromatic carbocycles. The minimum absolute atomic E-state index is 0.222. The molecule has 0 spiro atoms. The molecule has 0 bridgehead atoms. The number of nitrogens with zero attached hydrogens (tertiary/aromatic N) is 2. The van der Waals surface area contributed by atoms with E-state index in [0.29, 0.717) is 17.1 Å². The topological polar surface area (TPSA) is 93.1 Å². The van der Waals surface area contributed by atoms with Gasteiger partial charge < -0.3 is 15.2 Å². The van der Waals surface area contributed by atoms with Gasteiger partial charge in [0.2, 0.25) is 5.78 Å². The second kappa shape index (κ2) is 8.30. The van der Waals surface area contributed by atoms with E-state index in [1.54, 1.807) is 55.2 Å². The number of ketones is 1. The second-order valence-electron chi connectivity index (χ2n) is 6.33. The van der Waals surface area contributed by atoms with Crippen LogP contribution < -0.4 is 10.6 Å². The van der Waals surface area contributed by atoms with Crippen LogP contribution in [-0.2, 0) is 16.6 Å². The summed E-state index contributed by atoms with van der Waals surface area (Å²) < 4.78 is 1.64. The molecule has 3 aromatic rings. The minimum atomic E-state index is -0.772. The molecule has 28 heavy (non-hydrogen) atoms. The average Bonchev–Trinajstić information content (AvgIpc) is 3.14. The fraction of sp³-hybridized carbons (Fsp3) is 0.143. The maximum Gasteiger partial charge on any atom is 0.313 e. The Hall–Kier alpha value is -3.74. The van der Waals surface area contributed by atoms with Crippen LogP contribution in [-0.4, -0.2) is 27.1 Å². The summed E-state index contributed by atoms with van der Waals surface area (Å²) >= 11 is 0. The lowest BCUT2D eigenvalue weighted by Gasteiger charge is -2.14. The lowest BCUT2D eigenvalue weighted by atomic mass is 10.1. The highest BCUT2D eigenvalue weighted by atomic mass is 16.2. The van der Waals surface area contributed by atoms with E-state index in [1.807, 2.05) is 30.3 Å². The summed E-state index contributed by atoms with van der Waals surface area (Å²) in [6.45, 7) is 1.80. The molecule has 2 amide bonds. The number of amides is 2. The smallest absolute Gasteiger partial charge is 0.313 e. The van der Waals surface area contributed by atoms with E-state index in [9.17, 15) is 14.4 Å².